The maximum absolute atomic E-state index is 12.6. The third-order valence-electron chi connectivity index (χ3n) is 4.46. The molecule has 21 heavy (non-hydrogen) atoms. The standard InChI is InChI=1S/C14H16BrClN2O2.ClH/c15-11-4-8(16)3-9(13(11)19)14(20)18-5-7-1-2-12(17)10(7)6-18;/h3-4,7,10,12,19H,1-2,5-6,17H2;1H. The van der Waals surface area contributed by atoms with Crippen molar-refractivity contribution < 1.29 is 9.90 Å². The van der Waals surface area contributed by atoms with Crippen molar-refractivity contribution in [1.29, 1.82) is 0 Å². The van der Waals surface area contributed by atoms with Crippen LogP contribution >= 0.6 is 39.9 Å². The summed E-state index contributed by atoms with van der Waals surface area (Å²) < 4.78 is 0.435. The fourth-order valence-electron chi connectivity index (χ4n) is 3.37. The molecule has 0 aromatic heterocycles. The zero-order chi connectivity index (χ0) is 14.4. The van der Waals surface area contributed by atoms with Gasteiger partial charge in [0.1, 0.15) is 5.75 Å². The summed E-state index contributed by atoms with van der Waals surface area (Å²) in [6.07, 6.45) is 2.13. The summed E-state index contributed by atoms with van der Waals surface area (Å²) in [4.78, 5) is 14.3. The Morgan fingerprint density at radius 3 is 2.76 bits per heavy atom. The Morgan fingerprint density at radius 2 is 2.10 bits per heavy atom. The maximum atomic E-state index is 12.6. The fraction of sp³-hybridized carbons (Fsp3) is 0.500. The summed E-state index contributed by atoms with van der Waals surface area (Å²) in [6.45, 7) is 1.40. The summed E-state index contributed by atoms with van der Waals surface area (Å²) in [5.74, 6) is 0.662. The van der Waals surface area contributed by atoms with Crippen molar-refractivity contribution >= 4 is 45.8 Å². The molecule has 0 spiro atoms. The molecule has 1 aliphatic heterocycles. The number of phenols is 1. The number of nitrogens with zero attached hydrogens (tertiary/aromatic N) is 1. The quantitative estimate of drug-likeness (QED) is 0.767. The minimum atomic E-state index is -0.174. The topological polar surface area (TPSA) is 66.6 Å². The second kappa shape index (κ2) is 6.32. The lowest BCUT2D eigenvalue weighted by atomic mass is 9.98. The smallest absolute Gasteiger partial charge is 0.257 e. The number of aromatic hydroxyl groups is 1. The molecule has 1 aromatic carbocycles. The van der Waals surface area contributed by atoms with E-state index in [2.05, 4.69) is 15.9 Å². The Morgan fingerprint density at radius 1 is 1.38 bits per heavy atom. The van der Waals surface area contributed by atoms with Gasteiger partial charge < -0.3 is 15.7 Å². The third kappa shape index (κ3) is 3.02. The van der Waals surface area contributed by atoms with Gasteiger partial charge in [0, 0.05) is 24.2 Å². The SMILES string of the molecule is Cl.NC1CCC2CN(C(=O)c3cc(Cl)cc(Br)c3O)CC12. The van der Waals surface area contributed by atoms with Gasteiger partial charge in [-0.15, -0.1) is 12.4 Å². The van der Waals surface area contributed by atoms with Crippen molar-refractivity contribution in [3.8, 4) is 5.75 Å². The van der Waals surface area contributed by atoms with Crippen molar-refractivity contribution in [3.05, 3.63) is 27.2 Å². The van der Waals surface area contributed by atoms with Crippen LogP contribution in [0.25, 0.3) is 0 Å². The molecule has 3 unspecified atom stereocenters. The Bertz CT molecular complexity index is 570. The summed E-state index contributed by atoms with van der Waals surface area (Å²) in [5, 5.41) is 10.5. The predicted octanol–water partition coefficient (Wildman–Crippen LogP) is 3.04. The number of halogens is 3. The van der Waals surface area contributed by atoms with Gasteiger partial charge in [0.25, 0.3) is 5.91 Å². The van der Waals surface area contributed by atoms with Gasteiger partial charge >= 0.3 is 0 Å². The third-order valence-corrected chi connectivity index (χ3v) is 5.28. The van der Waals surface area contributed by atoms with Crippen LogP contribution in [0.1, 0.15) is 23.2 Å². The molecule has 1 saturated carbocycles. The molecule has 3 N–H and O–H groups in total. The van der Waals surface area contributed by atoms with Crippen LogP contribution in [-0.2, 0) is 0 Å². The van der Waals surface area contributed by atoms with Crippen LogP contribution in [0.5, 0.6) is 5.75 Å². The highest BCUT2D eigenvalue weighted by Gasteiger charge is 2.42. The van der Waals surface area contributed by atoms with Crippen molar-refractivity contribution in [2.24, 2.45) is 17.6 Å². The molecule has 0 bridgehead atoms. The number of carbonyl (C=O) groups excluding carboxylic acids is 1. The Hall–Kier alpha value is -0.490. The second-order valence-corrected chi connectivity index (χ2v) is 6.95. The molecule has 3 atom stereocenters. The zero-order valence-corrected chi connectivity index (χ0v) is 14.4. The number of nitrogens with two attached hydrogens (primary N) is 1. The largest absolute Gasteiger partial charge is 0.506 e. The van der Waals surface area contributed by atoms with E-state index in [1.807, 2.05) is 0 Å². The number of fused-ring (bicyclic) bond motifs is 1. The predicted molar refractivity (Wildman–Crippen MR) is 88.2 cm³/mol. The first-order valence-corrected chi connectivity index (χ1v) is 7.87. The Balaban J connectivity index is 0.00000161. The van der Waals surface area contributed by atoms with Crippen molar-refractivity contribution in [1.82, 2.24) is 4.90 Å². The highest BCUT2D eigenvalue weighted by Crippen LogP contribution is 2.39. The summed E-state index contributed by atoms with van der Waals surface area (Å²) in [7, 11) is 0. The van der Waals surface area contributed by atoms with Crippen molar-refractivity contribution in [2.45, 2.75) is 18.9 Å². The molecule has 116 valence electrons. The lowest BCUT2D eigenvalue weighted by molar-refractivity contribution is 0.0776. The van der Waals surface area contributed by atoms with Crippen LogP contribution in [-0.4, -0.2) is 35.0 Å². The second-order valence-electron chi connectivity index (χ2n) is 5.66. The van der Waals surface area contributed by atoms with Crippen LogP contribution in [0.2, 0.25) is 5.02 Å². The van der Waals surface area contributed by atoms with Gasteiger partial charge in [0.15, 0.2) is 0 Å². The number of likely N-dealkylation sites (tertiary alicyclic amines) is 1. The maximum Gasteiger partial charge on any atom is 0.257 e. The number of rotatable bonds is 1. The number of carbonyl (C=O) groups is 1. The van der Waals surface area contributed by atoms with Crippen LogP contribution < -0.4 is 5.73 Å². The van der Waals surface area contributed by atoms with Gasteiger partial charge in [0.2, 0.25) is 0 Å². The van der Waals surface area contributed by atoms with E-state index in [0.29, 0.717) is 27.9 Å². The molecular formula is C14H17BrCl2N2O2. The first-order chi connectivity index (χ1) is 9.47. The highest BCUT2D eigenvalue weighted by atomic mass is 79.9. The van der Waals surface area contributed by atoms with Crippen LogP contribution in [0, 0.1) is 11.8 Å². The normalized spacial score (nSPS) is 27.4. The van der Waals surface area contributed by atoms with E-state index in [9.17, 15) is 9.90 Å². The molecule has 0 radical (unpaired) electrons. The molecule has 1 aliphatic carbocycles. The minimum Gasteiger partial charge on any atom is -0.506 e. The Labute approximate surface area is 143 Å². The van der Waals surface area contributed by atoms with Gasteiger partial charge in [-0.05, 0) is 52.7 Å². The average molecular weight is 396 g/mol. The van der Waals surface area contributed by atoms with Gasteiger partial charge in [-0.1, -0.05) is 11.6 Å². The van der Waals surface area contributed by atoms with Gasteiger partial charge in [-0.25, -0.2) is 0 Å². The number of benzene rings is 1. The first-order valence-electron chi connectivity index (χ1n) is 6.70. The molecular weight excluding hydrogens is 379 g/mol. The van der Waals surface area contributed by atoms with E-state index in [1.54, 1.807) is 11.0 Å². The highest BCUT2D eigenvalue weighted by molar-refractivity contribution is 9.10. The van der Waals surface area contributed by atoms with E-state index >= 15 is 0 Å². The number of amides is 1. The van der Waals surface area contributed by atoms with E-state index in [1.165, 1.54) is 6.07 Å². The molecule has 1 aromatic rings. The minimum absolute atomic E-state index is 0. The van der Waals surface area contributed by atoms with E-state index < -0.39 is 0 Å². The fourth-order valence-corrected chi connectivity index (χ4v) is 4.18. The summed E-state index contributed by atoms with van der Waals surface area (Å²) in [5.41, 5.74) is 6.33. The molecule has 4 nitrogen and oxygen atoms in total. The first kappa shape index (κ1) is 16.9. The van der Waals surface area contributed by atoms with Gasteiger partial charge in [-0.3, -0.25) is 4.79 Å². The van der Waals surface area contributed by atoms with Crippen LogP contribution in [0.15, 0.2) is 16.6 Å². The number of hydrogen-bond donors (Lipinski definition) is 2. The number of hydrogen-bond acceptors (Lipinski definition) is 3. The zero-order valence-electron chi connectivity index (χ0n) is 11.3. The molecule has 1 heterocycles. The molecule has 2 aliphatic rings. The molecule has 3 rings (SSSR count). The average Bonchev–Trinajstić information content (AvgIpc) is 2.96. The molecule has 7 heteroatoms. The van der Waals surface area contributed by atoms with Crippen molar-refractivity contribution in [2.75, 3.05) is 13.1 Å². The van der Waals surface area contributed by atoms with E-state index in [4.69, 9.17) is 17.3 Å². The lowest BCUT2D eigenvalue weighted by Gasteiger charge is -2.19. The molecule has 1 saturated heterocycles. The van der Waals surface area contributed by atoms with Gasteiger partial charge in [0.05, 0.1) is 10.0 Å². The monoisotopic (exact) mass is 394 g/mol. The number of phenolic OH excluding ortho intramolecular Hbond substituents is 1. The van der Waals surface area contributed by atoms with E-state index in [-0.39, 0.29) is 35.7 Å². The van der Waals surface area contributed by atoms with Crippen LogP contribution in [0.4, 0.5) is 0 Å². The molecule has 2 fully saturated rings. The van der Waals surface area contributed by atoms with Crippen molar-refractivity contribution in [3.63, 3.8) is 0 Å². The Kier molecular flexibility index (Phi) is 5.08. The van der Waals surface area contributed by atoms with E-state index in [0.717, 1.165) is 19.4 Å². The summed E-state index contributed by atoms with van der Waals surface area (Å²) in [6, 6.07) is 3.28. The summed E-state index contributed by atoms with van der Waals surface area (Å²) >= 11 is 9.17. The van der Waals surface area contributed by atoms with Gasteiger partial charge in [-0.2, -0.15) is 0 Å². The lowest BCUT2D eigenvalue weighted by Crippen LogP contribution is -2.33. The van der Waals surface area contributed by atoms with Crippen LogP contribution in [0.3, 0.4) is 0 Å². The molecule has 1 amide bonds.